The molecule has 7 heteroatoms. The third-order valence-electron chi connectivity index (χ3n) is 4.61. The SMILES string of the molecule is CN(C)CCCNC(=O)c1ccc(Nc2ccccc2N2CCOCC2)nc1. The standard InChI is InChI=1S/C21H29N5O2/c1-25(2)11-5-10-22-21(27)17-8-9-20(23-16-17)24-18-6-3-4-7-19(18)26-12-14-28-15-13-26/h3-4,6-9,16H,5,10-15H2,1-2H3,(H,22,27)(H,23,24). The number of rotatable bonds is 8. The lowest BCUT2D eigenvalue weighted by Gasteiger charge is -2.30. The van der Waals surface area contributed by atoms with E-state index in [4.69, 9.17) is 4.74 Å². The topological polar surface area (TPSA) is 69.7 Å². The molecule has 3 rings (SSSR count). The van der Waals surface area contributed by atoms with Gasteiger partial charge in [-0.1, -0.05) is 12.1 Å². The minimum Gasteiger partial charge on any atom is -0.378 e. The van der Waals surface area contributed by atoms with Gasteiger partial charge in [-0.05, 0) is 51.3 Å². The molecule has 1 aromatic heterocycles. The Kier molecular flexibility index (Phi) is 7.22. The summed E-state index contributed by atoms with van der Waals surface area (Å²) in [4.78, 5) is 21.0. The normalized spacial score (nSPS) is 14.2. The van der Waals surface area contributed by atoms with Gasteiger partial charge in [-0.15, -0.1) is 0 Å². The highest BCUT2D eigenvalue weighted by molar-refractivity contribution is 5.94. The van der Waals surface area contributed by atoms with E-state index < -0.39 is 0 Å². The molecular formula is C21H29N5O2. The number of nitrogens with one attached hydrogen (secondary N) is 2. The predicted molar refractivity (Wildman–Crippen MR) is 112 cm³/mol. The second-order valence-corrected chi connectivity index (χ2v) is 7.09. The minimum absolute atomic E-state index is 0.0912. The number of anilines is 3. The molecule has 1 aliphatic rings. The predicted octanol–water partition coefficient (Wildman–Crippen LogP) is 2.34. The zero-order valence-corrected chi connectivity index (χ0v) is 16.6. The van der Waals surface area contributed by atoms with Crippen molar-refractivity contribution in [1.29, 1.82) is 0 Å². The van der Waals surface area contributed by atoms with E-state index in [1.807, 2.05) is 38.4 Å². The quantitative estimate of drug-likeness (QED) is 0.682. The Morgan fingerprint density at radius 3 is 2.68 bits per heavy atom. The monoisotopic (exact) mass is 383 g/mol. The summed E-state index contributed by atoms with van der Waals surface area (Å²) in [7, 11) is 4.04. The van der Waals surface area contributed by atoms with Crippen molar-refractivity contribution in [3.8, 4) is 0 Å². The first-order valence-corrected chi connectivity index (χ1v) is 9.71. The van der Waals surface area contributed by atoms with Gasteiger partial charge in [-0.25, -0.2) is 4.98 Å². The van der Waals surface area contributed by atoms with Gasteiger partial charge in [0.25, 0.3) is 5.91 Å². The summed E-state index contributed by atoms with van der Waals surface area (Å²) in [6.45, 7) is 4.84. The van der Waals surface area contributed by atoms with Gasteiger partial charge in [0, 0.05) is 25.8 Å². The van der Waals surface area contributed by atoms with Crippen molar-refractivity contribution < 1.29 is 9.53 Å². The van der Waals surface area contributed by atoms with Crippen LogP contribution in [-0.4, -0.2) is 69.3 Å². The van der Waals surface area contributed by atoms with Gasteiger partial charge in [-0.3, -0.25) is 4.79 Å². The van der Waals surface area contributed by atoms with E-state index in [2.05, 4.69) is 31.5 Å². The largest absolute Gasteiger partial charge is 0.378 e. The fourth-order valence-electron chi connectivity index (χ4n) is 3.10. The van der Waals surface area contributed by atoms with Crippen LogP contribution in [0.15, 0.2) is 42.6 Å². The molecule has 2 heterocycles. The van der Waals surface area contributed by atoms with Gasteiger partial charge in [0.1, 0.15) is 5.82 Å². The maximum Gasteiger partial charge on any atom is 0.252 e. The van der Waals surface area contributed by atoms with Crippen molar-refractivity contribution in [1.82, 2.24) is 15.2 Å². The zero-order valence-electron chi connectivity index (χ0n) is 16.6. The van der Waals surface area contributed by atoms with Crippen molar-refractivity contribution in [2.75, 3.05) is 63.7 Å². The number of carbonyl (C=O) groups excluding carboxylic acids is 1. The first kappa shape index (κ1) is 20.1. The summed E-state index contributed by atoms with van der Waals surface area (Å²) < 4.78 is 5.45. The molecule has 1 aromatic carbocycles. The Labute approximate surface area is 166 Å². The number of hydrogen-bond donors (Lipinski definition) is 2. The van der Waals surface area contributed by atoms with E-state index in [9.17, 15) is 4.79 Å². The van der Waals surface area contributed by atoms with Gasteiger partial charge in [0.2, 0.25) is 0 Å². The minimum atomic E-state index is -0.0912. The summed E-state index contributed by atoms with van der Waals surface area (Å²) in [6, 6.07) is 11.8. The van der Waals surface area contributed by atoms with Gasteiger partial charge < -0.3 is 25.2 Å². The average Bonchev–Trinajstić information content (AvgIpc) is 2.72. The summed E-state index contributed by atoms with van der Waals surface area (Å²) in [5.74, 6) is 0.622. The highest BCUT2D eigenvalue weighted by Crippen LogP contribution is 2.28. The molecule has 0 spiro atoms. The zero-order chi connectivity index (χ0) is 19.8. The molecule has 0 aliphatic carbocycles. The van der Waals surface area contributed by atoms with Crippen LogP contribution in [0.25, 0.3) is 0 Å². The fourth-order valence-corrected chi connectivity index (χ4v) is 3.10. The Hall–Kier alpha value is -2.64. The van der Waals surface area contributed by atoms with Crippen LogP contribution in [0.4, 0.5) is 17.2 Å². The summed E-state index contributed by atoms with van der Waals surface area (Å²) in [5.41, 5.74) is 2.70. The van der Waals surface area contributed by atoms with Crippen molar-refractivity contribution in [3.05, 3.63) is 48.2 Å². The Morgan fingerprint density at radius 2 is 1.96 bits per heavy atom. The number of carbonyl (C=O) groups is 1. The number of benzene rings is 1. The number of hydrogen-bond acceptors (Lipinski definition) is 6. The Morgan fingerprint density at radius 1 is 1.18 bits per heavy atom. The number of ether oxygens (including phenoxy) is 1. The van der Waals surface area contributed by atoms with E-state index >= 15 is 0 Å². The number of amides is 1. The molecule has 1 amide bonds. The van der Waals surface area contributed by atoms with Crippen LogP contribution in [0.2, 0.25) is 0 Å². The van der Waals surface area contributed by atoms with Crippen molar-refractivity contribution >= 4 is 23.1 Å². The van der Waals surface area contributed by atoms with Crippen LogP contribution >= 0.6 is 0 Å². The number of aromatic nitrogens is 1. The first-order chi connectivity index (χ1) is 13.6. The van der Waals surface area contributed by atoms with Crippen LogP contribution in [0.3, 0.4) is 0 Å². The molecule has 0 radical (unpaired) electrons. The molecule has 28 heavy (non-hydrogen) atoms. The Bertz CT molecular complexity index is 758. The Balaban J connectivity index is 1.59. The molecule has 150 valence electrons. The van der Waals surface area contributed by atoms with Crippen molar-refractivity contribution in [2.45, 2.75) is 6.42 Å². The third kappa shape index (κ3) is 5.68. The van der Waals surface area contributed by atoms with Gasteiger partial charge >= 0.3 is 0 Å². The first-order valence-electron chi connectivity index (χ1n) is 9.71. The highest BCUT2D eigenvalue weighted by atomic mass is 16.5. The summed E-state index contributed by atoms with van der Waals surface area (Å²) in [5, 5.41) is 6.30. The maximum atomic E-state index is 12.2. The van der Waals surface area contributed by atoms with Crippen LogP contribution in [0.5, 0.6) is 0 Å². The van der Waals surface area contributed by atoms with E-state index in [1.54, 1.807) is 12.3 Å². The van der Waals surface area contributed by atoms with Crippen molar-refractivity contribution in [3.63, 3.8) is 0 Å². The van der Waals surface area contributed by atoms with Gasteiger partial charge in [0.05, 0.1) is 30.2 Å². The van der Waals surface area contributed by atoms with Crippen LogP contribution in [0, 0.1) is 0 Å². The molecule has 1 aliphatic heterocycles. The summed E-state index contributed by atoms with van der Waals surface area (Å²) >= 11 is 0. The highest BCUT2D eigenvalue weighted by Gasteiger charge is 2.15. The van der Waals surface area contributed by atoms with E-state index in [-0.39, 0.29) is 5.91 Å². The smallest absolute Gasteiger partial charge is 0.252 e. The molecule has 7 nitrogen and oxygen atoms in total. The lowest BCUT2D eigenvalue weighted by atomic mass is 10.2. The third-order valence-corrected chi connectivity index (χ3v) is 4.61. The van der Waals surface area contributed by atoms with Crippen LogP contribution in [0.1, 0.15) is 16.8 Å². The molecule has 1 saturated heterocycles. The van der Waals surface area contributed by atoms with E-state index in [0.717, 1.165) is 50.6 Å². The van der Waals surface area contributed by atoms with E-state index in [1.165, 1.54) is 0 Å². The van der Waals surface area contributed by atoms with Crippen LogP contribution in [-0.2, 0) is 4.74 Å². The lowest BCUT2D eigenvalue weighted by molar-refractivity contribution is 0.0952. The van der Waals surface area contributed by atoms with Gasteiger partial charge in [-0.2, -0.15) is 0 Å². The molecule has 0 unspecified atom stereocenters. The number of pyridine rings is 1. The molecule has 2 N–H and O–H groups in total. The molecule has 0 bridgehead atoms. The van der Waals surface area contributed by atoms with E-state index in [0.29, 0.717) is 17.9 Å². The molecule has 0 saturated carbocycles. The number of nitrogens with zero attached hydrogens (tertiary/aromatic N) is 3. The van der Waals surface area contributed by atoms with Crippen LogP contribution < -0.4 is 15.5 Å². The summed E-state index contributed by atoms with van der Waals surface area (Å²) in [6.07, 6.45) is 2.53. The second-order valence-electron chi connectivity index (χ2n) is 7.09. The molecular weight excluding hydrogens is 354 g/mol. The van der Waals surface area contributed by atoms with Crippen molar-refractivity contribution in [2.24, 2.45) is 0 Å². The van der Waals surface area contributed by atoms with Gasteiger partial charge in [0.15, 0.2) is 0 Å². The lowest BCUT2D eigenvalue weighted by Crippen LogP contribution is -2.36. The molecule has 1 fully saturated rings. The number of para-hydroxylation sites is 2. The fraction of sp³-hybridized carbons (Fsp3) is 0.429. The maximum absolute atomic E-state index is 12.2. The molecule has 2 aromatic rings. The average molecular weight is 383 g/mol. The number of morpholine rings is 1. The second kappa shape index (κ2) is 10.1. The molecule has 0 atom stereocenters.